The molecule has 0 heterocycles. The van der Waals surface area contributed by atoms with Crippen molar-refractivity contribution in [2.24, 2.45) is 0 Å². The highest BCUT2D eigenvalue weighted by Crippen LogP contribution is 2.16. The van der Waals surface area contributed by atoms with E-state index in [4.69, 9.17) is 17.0 Å². The molecule has 0 unspecified atom stereocenters. The van der Waals surface area contributed by atoms with Gasteiger partial charge >= 0.3 is 0 Å². The van der Waals surface area contributed by atoms with Crippen molar-refractivity contribution in [3.05, 3.63) is 65.7 Å². The van der Waals surface area contributed by atoms with Gasteiger partial charge in [0.25, 0.3) is 0 Å². The van der Waals surface area contributed by atoms with Crippen LogP contribution in [-0.2, 0) is 6.54 Å². The van der Waals surface area contributed by atoms with Crippen LogP contribution in [0.2, 0.25) is 19.6 Å². The van der Waals surface area contributed by atoms with Gasteiger partial charge < -0.3 is 9.30 Å². The maximum Gasteiger partial charge on any atom is 0.198 e. The van der Waals surface area contributed by atoms with Crippen LogP contribution in [0.4, 0.5) is 0 Å². The highest BCUT2D eigenvalue weighted by Gasteiger charge is 2.19. The fourth-order valence-corrected chi connectivity index (χ4v) is 2.84. The number of hydrogen-bond donors (Lipinski definition) is 0. The van der Waals surface area contributed by atoms with Crippen LogP contribution in [0.5, 0.6) is 5.75 Å². The van der Waals surface area contributed by atoms with E-state index in [9.17, 15) is 0 Å². The molecule has 0 N–H and O–H groups in total. The van der Waals surface area contributed by atoms with E-state index in [1.807, 2.05) is 42.5 Å². The summed E-state index contributed by atoms with van der Waals surface area (Å²) in [6.07, 6.45) is 0. The smallest absolute Gasteiger partial charge is 0.198 e. The predicted octanol–water partition coefficient (Wildman–Crippen LogP) is 4.71. The molecule has 0 aliphatic heterocycles. The first-order valence-electron chi connectivity index (χ1n) is 7.44. The SMILES string of the molecule is CN(Cc1cccc(C(=S)Oc2ccccc2)c1)[Si](C)(C)C. The zero-order valence-corrected chi connectivity index (χ0v) is 15.5. The molecule has 0 radical (unpaired) electrons. The summed E-state index contributed by atoms with van der Waals surface area (Å²) >= 11 is 5.42. The van der Waals surface area contributed by atoms with Crippen LogP contribution < -0.4 is 4.74 Å². The molecule has 0 saturated carbocycles. The number of ether oxygens (including phenoxy) is 1. The molecule has 0 aliphatic rings. The van der Waals surface area contributed by atoms with E-state index in [1.165, 1.54) is 5.56 Å². The molecule has 2 aromatic rings. The van der Waals surface area contributed by atoms with Crippen molar-refractivity contribution >= 4 is 25.5 Å². The lowest BCUT2D eigenvalue weighted by atomic mass is 10.1. The van der Waals surface area contributed by atoms with Gasteiger partial charge in [0.1, 0.15) is 14.0 Å². The van der Waals surface area contributed by atoms with Crippen LogP contribution in [0, 0.1) is 0 Å². The number of benzene rings is 2. The Labute approximate surface area is 139 Å². The van der Waals surface area contributed by atoms with Gasteiger partial charge in [-0.05, 0) is 43.0 Å². The lowest BCUT2D eigenvalue weighted by Crippen LogP contribution is -2.42. The fraction of sp³-hybridized carbons (Fsp3) is 0.278. The van der Waals surface area contributed by atoms with Crippen LogP contribution in [0.15, 0.2) is 54.6 Å². The number of rotatable bonds is 5. The Kier molecular flexibility index (Phi) is 5.50. The molecule has 2 rings (SSSR count). The lowest BCUT2D eigenvalue weighted by Gasteiger charge is -2.30. The van der Waals surface area contributed by atoms with Crippen LogP contribution in [0.3, 0.4) is 0 Å². The van der Waals surface area contributed by atoms with E-state index in [0.717, 1.165) is 17.9 Å². The van der Waals surface area contributed by atoms with Crippen molar-refractivity contribution in [3.8, 4) is 5.75 Å². The first-order valence-corrected chi connectivity index (χ1v) is 11.3. The van der Waals surface area contributed by atoms with E-state index in [2.05, 4.69) is 43.4 Å². The van der Waals surface area contributed by atoms with E-state index < -0.39 is 8.24 Å². The van der Waals surface area contributed by atoms with Gasteiger partial charge in [0.05, 0.1) is 0 Å². The largest absolute Gasteiger partial charge is 0.445 e. The quantitative estimate of drug-likeness (QED) is 0.582. The second-order valence-corrected chi connectivity index (χ2v) is 11.9. The monoisotopic (exact) mass is 329 g/mol. The molecule has 0 amide bonds. The summed E-state index contributed by atoms with van der Waals surface area (Å²) in [6, 6.07) is 18.0. The zero-order valence-electron chi connectivity index (χ0n) is 13.7. The number of para-hydroxylation sites is 1. The van der Waals surface area contributed by atoms with Crippen molar-refractivity contribution in [1.29, 1.82) is 0 Å². The van der Waals surface area contributed by atoms with Gasteiger partial charge in [0.2, 0.25) is 0 Å². The molecule has 0 aliphatic carbocycles. The summed E-state index contributed by atoms with van der Waals surface area (Å²) in [5.41, 5.74) is 2.22. The third-order valence-corrected chi connectivity index (χ3v) is 6.45. The Bertz CT molecular complexity index is 637. The van der Waals surface area contributed by atoms with Gasteiger partial charge in [-0.3, -0.25) is 0 Å². The average molecular weight is 330 g/mol. The maximum atomic E-state index is 5.75. The van der Waals surface area contributed by atoms with Crippen molar-refractivity contribution < 1.29 is 4.74 Å². The van der Waals surface area contributed by atoms with Crippen molar-refractivity contribution in [1.82, 2.24) is 4.57 Å². The Morgan fingerprint density at radius 3 is 2.36 bits per heavy atom. The summed E-state index contributed by atoms with van der Waals surface area (Å²) in [5.74, 6) is 0.775. The number of hydrogen-bond acceptors (Lipinski definition) is 3. The van der Waals surface area contributed by atoms with Gasteiger partial charge in [0, 0.05) is 12.1 Å². The molecule has 0 bridgehead atoms. The summed E-state index contributed by atoms with van der Waals surface area (Å²) in [7, 11) is 0.912. The molecule has 116 valence electrons. The molecule has 2 aromatic carbocycles. The van der Waals surface area contributed by atoms with Crippen LogP contribution in [0.25, 0.3) is 0 Å². The molecule has 0 spiro atoms. The van der Waals surface area contributed by atoms with Crippen molar-refractivity contribution in [3.63, 3.8) is 0 Å². The molecule has 0 atom stereocenters. The number of thiocarbonyl (C=S) groups is 1. The molecular weight excluding hydrogens is 306 g/mol. The number of nitrogens with zero attached hydrogens (tertiary/aromatic N) is 1. The second-order valence-electron chi connectivity index (χ2n) is 6.43. The normalized spacial score (nSPS) is 11.5. The third kappa shape index (κ3) is 4.76. The predicted molar refractivity (Wildman–Crippen MR) is 100 cm³/mol. The van der Waals surface area contributed by atoms with Crippen LogP contribution >= 0.6 is 12.2 Å². The highest BCUT2D eigenvalue weighted by atomic mass is 32.1. The molecule has 2 nitrogen and oxygen atoms in total. The minimum atomic E-state index is -1.28. The van der Waals surface area contributed by atoms with Crippen molar-refractivity contribution in [2.45, 2.75) is 26.2 Å². The van der Waals surface area contributed by atoms with Crippen LogP contribution in [0.1, 0.15) is 11.1 Å². The molecule has 4 heteroatoms. The average Bonchev–Trinajstić information content (AvgIpc) is 2.47. The van der Waals surface area contributed by atoms with E-state index in [-0.39, 0.29) is 0 Å². The van der Waals surface area contributed by atoms with Crippen LogP contribution in [-0.4, -0.2) is 24.9 Å². The Morgan fingerprint density at radius 2 is 1.73 bits per heavy atom. The topological polar surface area (TPSA) is 12.5 Å². The maximum absolute atomic E-state index is 5.75. The fourth-order valence-electron chi connectivity index (χ4n) is 1.96. The van der Waals surface area contributed by atoms with Gasteiger partial charge in [-0.2, -0.15) is 0 Å². The Balaban J connectivity index is 2.09. The zero-order chi connectivity index (χ0) is 16.2. The molecule has 0 fully saturated rings. The van der Waals surface area contributed by atoms with Gasteiger partial charge in [-0.25, -0.2) is 0 Å². The van der Waals surface area contributed by atoms with Gasteiger partial charge in [-0.15, -0.1) is 0 Å². The highest BCUT2D eigenvalue weighted by molar-refractivity contribution is 7.80. The van der Waals surface area contributed by atoms with Crippen molar-refractivity contribution in [2.75, 3.05) is 7.05 Å². The summed E-state index contributed by atoms with van der Waals surface area (Å²) in [4.78, 5) is 0. The molecule has 22 heavy (non-hydrogen) atoms. The summed E-state index contributed by atoms with van der Waals surface area (Å²) in [6.45, 7) is 7.98. The van der Waals surface area contributed by atoms with E-state index >= 15 is 0 Å². The second kappa shape index (κ2) is 7.18. The van der Waals surface area contributed by atoms with Gasteiger partial charge in [0.15, 0.2) is 5.05 Å². The summed E-state index contributed by atoms with van der Waals surface area (Å²) < 4.78 is 8.21. The third-order valence-electron chi connectivity index (χ3n) is 3.68. The molecular formula is C18H23NOSSi. The first kappa shape index (κ1) is 16.9. The molecule has 0 saturated heterocycles. The lowest BCUT2D eigenvalue weighted by molar-refractivity contribution is 0.505. The first-order chi connectivity index (χ1) is 10.4. The minimum absolute atomic E-state index is 0.517. The minimum Gasteiger partial charge on any atom is -0.445 e. The Morgan fingerprint density at radius 1 is 1.05 bits per heavy atom. The molecule has 0 aromatic heterocycles. The van der Waals surface area contributed by atoms with Gasteiger partial charge in [-0.1, -0.05) is 56.0 Å². The summed E-state index contributed by atoms with van der Waals surface area (Å²) in [5, 5.41) is 0.517. The standard InChI is InChI=1S/C18H23NOSSi/c1-19(22(2,3)4)14-15-9-8-10-16(13-15)18(21)20-17-11-6-5-7-12-17/h5-13H,14H2,1-4H3. The van der Waals surface area contributed by atoms with E-state index in [0.29, 0.717) is 5.05 Å². The van der Waals surface area contributed by atoms with E-state index in [1.54, 1.807) is 0 Å². The Hall–Kier alpha value is -1.49.